The van der Waals surface area contributed by atoms with Crippen LogP contribution in [-0.2, 0) is 4.79 Å². The number of hydrogen-bond acceptors (Lipinski definition) is 3. The lowest BCUT2D eigenvalue weighted by Crippen LogP contribution is -2.47. The van der Waals surface area contributed by atoms with Gasteiger partial charge in [-0.2, -0.15) is 0 Å². The van der Waals surface area contributed by atoms with Gasteiger partial charge in [-0.3, -0.25) is 9.59 Å². The summed E-state index contributed by atoms with van der Waals surface area (Å²) in [5.41, 5.74) is 1.05. The fraction of sp³-hybridized carbons (Fsp3) is 0.263. The minimum Gasteiger partial charge on any atom is -0.340 e. The molecule has 0 aromatic heterocycles. The molecule has 0 heterocycles. The molecule has 0 bridgehead atoms. The van der Waals surface area contributed by atoms with Gasteiger partial charge in [0, 0.05) is 10.6 Å². The molecule has 132 valence electrons. The molecular formula is C19H21ClN2O2S. The summed E-state index contributed by atoms with van der Waals surface area (Å²) in [6.07, 6.45) is 1.99. The van der Waals surface area contributed by atoms with Gasteiger partial charge in [-0.05, 0) is 48.6 Å². The quantitative estimate of drug-likeness (QED) is 0.732. The van der Waals surface area contributed by atoms with Gasteiger partial charge in [-0.25, -0.2) is 0 Å². The highest BCUT2D eigenvalue weighted by atomic mass is 35.5. The third-order valence-electron chi connectivity index (χ3n) is 3.71. The summed E-state index contributed by atoms with van der Waals surface area (Å²) in [5, 5.41) is 5.98. The van der Waals surface area contributed by atoms with Crippen LogP contribution in [0, 0.1) is 5.92 Å². The first-order valence-corrected chi connectivity index (χ1v) is 9.53. The number of carbonyl (C=O) groups excluding carboxylic acids is 2. The van der Waals surface area contributed by atoms with Crippen molar-refractivity contribution in [2.24, 2.45) is 5.92 Å². The van der Waals surface area contributed by atoms with Crippen LogP contribution >= 0.6 is 23.4 Å². The van der Waals surface area contributed by atoms with E-state index in [1.165, 1.54) is 0 Å². The zero-order valence-electron chi connectivity index (χ0n) is 14.4. The summed E-state index contributed by atoms with van der Waals surface area (Å²) in [7, 11) is 0. The molecule has 0 spiro atoms. The zero-order chi connectivity index (χ0) is 18.4. The van der Waals surface area contributed by atoms with Crippen molar-refractivity contribution in [1.82, 2.24) is 5.32 Å². The number of rotatable bonds is 6. The average Bonchev–Trinajstić information content (AvgIpc) is 2.60. The molecule has 4 nitrogen and oxygen atoms in total. The summed E-state index contributed by atoms with van der Waals surface area (Å²) >= 11 is 7.69. The van der Waals surface area contributed by atoms with Crippen LogP contribution in [0.25, 0.3) is 0 Å². The molecule has 25 heavy (non-hydrogen) atoms. The molecule has 2 rings (SSSR count). The number of anilines is 1. The Labute approximate surface area is 157 Å². The van der Waals surface area contributed by atoms with E-state index < -0.39 is 6.04 Å². The van der Waals surface area contributed by atoms with Gasteiger partial charge in [-0.1, -0.05) is 37.6 Å². The molecule has 0 radical (unpaired) electrons. The van der Waals surface area contributed by atoms with E-state index in [1.54, 1.807) is 36.0 Å². The van der Waals surface area contributed by atoms with Crippen molar-refractivity contribution in [3.63, 3.8) is 0 Å². The maximum atomic E-state index is 12.6. The van der Waals surface area contributed by atoms with Crippen LogP contribution in [0.4, 0.5) is 5.69 Å². The minimum atomic E-state index is -0.663. The Kier molecular flexibility index (Phi) is 6.91. The predicted octanol–water partition coefficient (Wildman–Crippen LogP) is 4.46. The fourth-order valence-electron chi connectivity index (χ4n) is 2.29. The molecule has 2 aromatic rings. The molecule has 6 heteroatoms. The first-order valence-electron chi connectivity index (χ1n) is 7.92. The third-order valence-corrected chi connectivity index (χ3v) is 4.78. The van der Waals surface area contributed by atoms with Gasteiger partial charge in [0.05, 0.1) is 10.6 Å². The molecule has 2 amide bonds. The van der Waals surface area contributed by atoms with Crippen LogP contribution in [0.1, 0.15) is 24.2 Å². The van der Waals surface area contributed by atoms with E-state index in [0.29, 0.717) is 16.3 Å². The lowest BCUT2D eigenvalue weighted by Gasteiger charge is -2.22. The molecule has 0 aliphatic heterocycles. The molecule has 0 fully saturated rings. The van der Waals surface area contributed by atoms with Gasteiger partial charge >= 0.3 is 0 Å². The maximum absolute atomic E-state index is 12.6. The molecule has 0 saturated heterocycles. The number of hydrogen-bond donors (Lipinski definition) is 2. The fourth-order valence-corrected chi connectivity index (χ4v) is 2.92. The van der Waals surface area contributed by atoms with E-state index in [4.69, 9.17) is 11.6 Å². The Balaban J connectivity index is 2.10. The molecule has 2 N–H and O–H groups in total. The monoisotopic (exact) mass is 376 g/mol. The first kappa shape index (κ1) is 19.3. The Morgan fingerprint density at radius 2 is 1.68 bits per heavy atom. The molecule has 0 unspecified atom stereocenters. The second kappa shape index (κ2) is 8.92. The Bertz CT molecular complexity index is 747. The van der Waals surface area contributed by atoms with E-state index in [0.717, 1.165) is 4.90 Å². The normalized spacial score (nSPS) is 11.9. The smallest absolute Gasteiger partial charge is 0.253 e. The lowest BCUT2D eigenvalue weighted by atomic mass is 10.0. The minimum absolute atomic E-state index is 0.0723. The highest BCUT2D eigenvalue weighted by molar-refractivity contribution is 7.98. The van der Waals surface area contributed by atoms with Gasteiger partial charge in [0.1, 0.15) is 6.04 Å². The van der Waals surface area contributed by atoms with Crippen LogP contribution in [-0.4, -0.2) is 24.1 Å². The second-order valence-electron chi connectivity index (χ2n) is 5.89. The third kappa shape index (κ3) is 5.25. The van der Waals surface area contributed by atoms with Crippen LogP contribution in [0.3, 0.4) is 0 Å². The molecule has 0 aliphatic rings. The Morgan fingerprint density at radius 1 is 1.04 bits per heavy atom. The largest absolute Gasteiger partial charge is 0.340 e. The van der Waals surface area contributed by atoms with Crippen molar-refractivity contribution in [3.05, 3.63) is 59.1 Å². The van der Waals surface area contributed by atoms with E-state index in [2.05, 4.69) is 10.6 Å². The van der Waals surface area contributed by atoms with Gasteiger partial charge in [0.2, 0.25) is 5.91 Å². The lowest BCUT2D eigenvalue weighted by molar-refractivity contribution is -0.118. The highest BCUT2D eigenvalue weighted by Crippen LogP contribution is 2.19. The van der Waals surface area contributed by atoms with Crippen LogP contribution in [0.15, 0.2) is 53.4 Å². The summed E-state index contributed by atoms with van der Waals surface area (Å²) in [5.74, 6) is -0.693. The van der Waals surface area contributed by atoms with E-state index in [9.17, 15) is 9.59 Å². The van der Waals surface area contributed by atoms with Gasteiger partial charge in [0.25, 0.3) is 5.91 Å². The summed E-state index contributed by atoms with van der Waals surface area (Å²) in [4.78, 5) is 26.2. The van der Waals surface area contributed by atoms with Crippen molar-refractivity contribution in [2.75, 3.05) is 11.6 Å². The molecule has 0 saturated carbocycles. The van der Waals surface area contributed by atoms with Crippen LogP contribution < -0.4 is 10.6 Å². The molecule has 1 atom stereocenters. The number of benzene rings is 2. The molecule has 2 aromatic carbocycles. The van der Waals surface area contributed by atoms with E-state index in [1.807, 2.05) is 44.4 Å². The number of nitrogens with one attached hydrogen (secondary N) is 2. The second-order valence-corrected chi connectivity index (χ2v) is 7.18. The summed E-state index contributed by atoms with van der Waals surface area (Å²) in [6, 6.07) is 13.7. The van der Waals surface area contributed by atoms with Crippen LogP contribution in [0.2, 0.25) is 5.02 Å². The van der Waals surface area contributed by atoms with Crippen LogP contribution in [0.5, 0.6) is 0 Å². The van der Waals surface area contributed by atoms with Gasteiger partial charge in [-0.15, -0.1) is 11.8 Å². The number of carbonyl (C=O) groups is 2. The summed E-state index contributed by atoms with van der Waals surface area (Å²) < 4.78 is 0. The topological polar surface area (TPSA) is 58.2 Å². The number of halogens is 1. The summed E-state index contributed by atoms with van der Waals surface area (Å²) in [6.45, 7) is 3.77. The number of thioether (sulfide) groups is 1. The maximum Gasteiger partial charge on any atom is 0.253 e. The van der Waals surface area contributed by atoms with Gasteiger partial charge < -0.3 is 10.6 Å². The average molecular weight is 377 g/mol. The zero-order valence-corrected chi connectivity index (χ0v) is 15.9. The van der Waals surface area contributed by atoms with Crippen molar-refractivity contribution >= 4 is 40.9 Å². The molecule has 0 aliphatic carbocycles. The Hall–Kier alpha value is -1.98. The first-order chi connectivity index (χ1) is 11.9. The predicted molar refractivity (Wildman–Crippen MR) is 104 cm³/mol. The van der Waals surface area contributed by atoms with E-state index >= 15 is 0 Å². The van der Waals surface area contributed by atoms with E-state index in [-0.39, 0.29) is 17.7 Å². The van der Waals surface area contributed by atoms with Crippen molar-refractivity contribution in [1.29, 1.82) is 0 Å². The Morgan fingerprint density at radius 3 is 2.24 bits per heavy atom. The van der Waals surface area contributed by atoms with Crippen molar-refractivity contribution in [2.45, 2.75) is 24.8 Å². The SMILES string of the molecule is CSc1ccc(NC(=O)[C@H](NC(=O)c2ccccc2Cl)C(C)C)cc1. The molecular weight excluding hydrogens is 356 g/mol. The number of amides is 2. The standard InChI is InChI=1S/C19H21ClN2O2S/c1-12(2)17(22-18(23)15-6-4-5-7-16(15)20)19(24)21-13-8-10-14(25-3)11-9-13/h4-12,17H,1-3H3,(H,21,24)(H,22,23)/t17-/m1/s1. The highest BCUT2D eigenvalue weighted by Gasteiger charge is 2.25. The van der Waals surface area contributed by atoms with Gasteiger partial charge in [0.15, 0.2) is 0 Å². The van der Waals surface area contributed by atoms with Crippen molar-refractivity contribution < 1.29 is 9.59 Å². The van der Waals surface area contributed by atoms with Crippen molar-refractivity contribution in [3.8, 4) is 0 Å².